The maximum absolute atomic E-state index is 12.1. The molecule has 1 aliphatic rings. The largest absolute Gasteiger partial charge is 0.444 e. The maximum Gasteiger partial charge on any atom is 0.410 e. The summed E-state index contributed by atoms with van der Waals surface area (Å²) in [4.78, 5) is 13.9. The molecule has 1 aliphatic heterocycles. The molecule has 24 heavy (non-hydrogen) atoms. The third kappa shape index (κ3) is 6.10. The Hall–Kier alpha value is -1.07. The number of piperidine rings is 1. The number of rotatable bonds is 4. The summed E-state index contributed by atoms with van der Waals surface area (Å²) in [7, 11) is 0. The molecule has 1 aromatic carbocycles. The van der Waals surface area contributed by atoms with Crippen LogP contribution in [0.2, 0.25) is 0 Å². The summed E-state index contributed by atoms with van der Waals surface area (Å²) in [6, 6.07) is 6.26. The fourth-order valence-electron chi connectivity index (χ4n) is 2.77. The minimum Gasteiger partial charge on any atom is -0.444 e. The second kappa shape index (κ2) is 8.34. The predicted molar refractivity (Wildman–Crippen MR) is 99.1 cm³/mol. The minimum atomic E-state index is -0.431. The van der Waals surface area contributed by atoms with Crippen molar-refractivity contribution in [3.8, 4) is 0 Å². The van der Waals surface area contributed by atoms with Crippen molar-refractivity contribution in [2.24, 2.45) is 5.92 Å². The van der Waals surface area contributed by atoms with E-state index in [0.29, 0.717) is 12.5 Å². The van der Waals surface area contributed by atoms with E-state index in [-0.39, 0.29) is 6.09 Å². The first-order valence-electron chi connectivity index (χ1n) is 8.55. The van der Waals surface area contributed by atoms with Crippen LogP contribution in [0.1, 0.15) is 44.7 Å². The zero-order valence-electron chi connectivity index (χ0n) is 15.1. The van der Waals surface area contributed by atoms with E-state index in [2.05, 4.69) is 35.0 Å². The summed E-state index contributed by atoms with van der Waals surface area (Å²) in [5.74, 6) is 0.513. The Morgan fingerprint density at radius 1 is 1.29 bits per heavy atom. The molecule has 0 N–H and O–H groups in total. The van der Waals surface area contributed by atoms with Crippen LogP contribution in [0.15, 0.2) is 22.7 Å². The molecule has 4 nitrogen and oxygen atoms in total. The number of ether oxygens (including phenoxy) is 2. The quantitative estimate of drug-likeness (QED) is 0.723. The Morgan fingerprint density at radius 3 is 2.54 bits per heavy atom. The molecule has 0 aliphatic carbocycles. The average molecular weight is 398 g/mol. The van der Waals surface area contributed by atoms with Gasteiger partial charge in [0.1, 0.15) is 5.60 Å². The van der Waals surface area contributed by atoms with Crippen LogP contribution in [-0.4, -0.2) is 36.3 Å². The number of benzene rings is 1. The summed E-state index contributed by atoms with van der Waals surface area (Å²) >= 11 is 3.48. The highest BCUT2D eigenvalue weighted by atomic mass is 79.9. The Morgan fingerprint density at radius 2 is 1.96 bits per heavy atom. The highest BCUT2D eigenvalue weighted by Gasteiger charge is 2.26. The van der Waals surface area contributed by atoms with Gasteiger partial charge in [-0.05, 0) is 69.7 Å². The molecule has 1 fully saturated rings. The molecule has 1 saturated heterocycles. The fourth-order valence-corrected chi connectivity index (χ4v) is 3.24. The van der Waals surface area contributed by atoms with E-state index in [1.54, 1.807) is 4.90 Å². The van der Waals surface area contributed by atoms with Crippen LogP contribution in [0.5, 0.6) is 0 Å². The van der Waals surface area contributed by atoms with Crippen LogP contribution in [0.3, 0.4) is 0 Å². The van der Waals surface area contributed by atoms with Crippen molar-refractivity contribution in [3.05, 3.63) is 33.8 Å². The second-order valence-corrected chi connectivity index (χ2v) is 8.41. The zero-order chi connectivity index (χ0) is 17.7. The van der Waals surface area contributed by atoms with Crippen molar-refractivity contribution in [2.75, 3.05) is 19.7 Å². The number of carbonyl (C=O) groups excluding carboxylic acids is 1. The van der Waals surface area contributed by atoms with Gasteiger partial charge in [0, 0.05) is 24.2 Å². The Balaban J connectivity index is 1.70. The van der Waals surface area contributed by atoms with E-state index in [1.165, 1.54) is 11.1 Å². The smallest absolute Gasteiger partial charge is 0.410 e. The van der Waals surface area contributed by atoms with Crippen LogP contribution in [0.25, 0.3) is 0 Å². The molecule has 0 aromatic heterocycles. The van der Waals surface area contributed by atoms with Crippen molar-refractivity contribution < 1.29 is 14.3 Å². The van der Waals surface area contributed by atoms with Gasteiger partial charge in [0.05, 0.1) is 6.61 Å². The van der Waals surface area contributed by atoms with Gasteiger partial charge in [0.25, 0.3) is 0 Å². The van der Waals surface area contributed by atoms with Gasteiger partial charge in [-0.1, -0.05) is 22.0 Å². The van der Waals surface area contributed by atoms with E-state index in [9.17, 15) is 4.79 Å². The van der Waals surface area contributed by atoms with Crippen LogP contribution >= 0.6 is 15.9 Å². The highest BCUT2D eigenvalue weighted by molar-refractivity contribution is 9.10. The second-order valence-electron chi connectivity index (χ2n) is 7.50. The van der Waals surface area contributed by atoms with E-state index in [4.69, 9.17) is 9.47 Å². The summed E-state index contributed by atoms with van der Waals surface area (Å²) in [6.07, 6.45) is 1.74. The molecule has 134 valence electrons. The molecule has 1 amide bonds. The van der Waals surface area contributed by atoms with Gasteiger partial charge < -0.3 is 14.4 Å². The van der Waals surface area contributed by atoms with Gasteiger partial charge in [0.15, 0.2) is 0 Å². The van der Waals surface area contributed by atoms with Gasteiger partial charge in [0.2, 0.25) is 0 Å². The minimum absolute atomic E-state index is 0.202. The number of nitrogens with zero attached hydrogens (tertiary/aromatic N) is 1. The van der Waals surface area contributed by atoms with Crippen LogP contribution in [0, 0.1) is 12.8 Å². The van der Waals surface area contributed by atoms with Crippen molar-refractivity contribution in [1.82, 2.24) is 4.90 Å². The lowest BCUT2D eigenvalue weighted by Crippen LogP contribution is -2.42. The lowest BCUT2D eigenvalue weighted by molar-refractivity contribution is 0.0105. The summed E-state index contributed by atoms with van der Waals surface area (Å²) in [5.41, 5.74) is 2.04. The number of amides is 1. The third-order valence-electron chi connectivity index (χ3n) is 4.18. The summed E-state index contributed by atoms with van der Waals surface area (Å²) in [6.45, 7) is 10.7. The predicted octanol–water partition coefficient (Wildman–Crippen LogP) is 4.92. The zero-order valence-corrected chi connectivity index (χ0v) is 16.7. The lowest BCUT2D eigenvalue weighted by Gasteiger charge is -2.33. The first kappa shape index (κ1) is 19.3. The van der Waals surface area contributed by atoms with Gasteiger partial charge in [-0.25, -0.2) is 4.79 Å². The standard InChI is InChI=1S/C19H28BrNO3/c1-14-11-17(20)6-5-16(14)13-23-12-15-7-9-21(10-8-15)18(22)24-19(2,3)4/h5-6,11,15H,7-10,12-13H2,1-4H3. The molecule has 0 spiro atoms. The number of hydrogen-bond acceptors (Lipinski definition) is 3. The number of likely N-dealkylation sites (tertiary alicyclic amines) is 1. The van der Waals surface area contributed by atoms with Crippen molar-refractivity contribution >= 4 is 22.0 Å². The van der Waals surface area contributed by atoms with E-state index in [1.807, 2.05) is 26.8 Å². The van der Waals surface area contributed by atoms with Crippen molar-refractivity contribution in [3.63, 3.8) is 0 Å². The van der Waals surface area contributed by atoms with Crippen LogP contribution in [-0.2, 0) is 16.1 Å². The maximum atomic E-state index is 12.1. The van der Waals surface area contributed by atoms with Crippen molar-refractivity contribution in [1.29, 1.82) is 0 Å². The molecular formula is C19H28BrNO3. The normalized spacial score (nSPS) is 16.3. The molecule has 1 heterocycles. The Bertz CT molecular complexity index is 560. The van der Waals surface area contributed by atoms with E-state index >= 15 is 0 Å². The van der Waals surface area contributed by atoms with Gasteiger partial charge >= 0.3 is 6.09 Å². The van der Waals surface area contributed by atoms with E-state index in [0.717, 1.165) is 37.0 Å². The number of aryl methyl sites for hydroxylation is 1. The highest BCUT2D eigenvalue weighted by Crippen LogP contribution is 2.21. The van der Waals surface area contributed by atoms with Gasteiger partial charge in [-0.2, -0.15) is 0 Å². The topological polar surface area (TPSA) is 38.8 Å². The molecule has 0 saturated carbocycles. The first-order chi connectivity index (χ1) is 11.2. The van der Waals surface area contributed by atoms with E-state index < -0.39 is 5.60 Å². The molecule has 0 bridgehead atoms. The molecular weight excluding hydrogens is 370 g/mol. The Labute approximate surface area is 153 Å². The molecule has 0 unspecified atom stereocenters. The first-order valence-corrected chi connectivity index (χ1v) is 9.34. The number of carbonyl (C=O) groups is 1. The third-order valence-corrected chi connectivity index (χ3v) is 4.68. The molecule has 1 aromatic rings. The Kier molecular flexibility index (Phi) is 6.70. The molecule has 5 heteroatoms. The van der Waals surface area contributed by atoms with Crippen LogP contribution in [0.4, 0.5) is 4.79 Å². The van der Waals surface area contributed by atoms with Gasteiger partial charge in [-0.3, -0.25) is 0 Å². The van der Waals surface area contributed by atoms with Gasteiger partial charge in [-0.15, -0.1) is 0 Å². The van der Waals surface area contributed by atoms with Crippen LogP contribution < -0.4 is 0 Å². The summed E-state index contributed by atoms with van der Waals surface area (Å²) < 4.78 is 12.4. The molecule has 0 atom stereocenters. The average Bonchev–Trinajstić information content (AvgIpc) is 2.48. The molecule has 2 rings (SSSR count). The molecule has 0 radical (unpaired) electrons. The SMILES string of the molecule is Cc1cc(Br)ccc1COCC1CCN(C(=O)OC(C)(C)C)CC1. The fraction of sp³-hybridized carbons (Fsp3) is 0.632. The number of halogens is 1. The monoisotopic (exact) mass is 397 g/mol. The lowest BCUT2D eigenvalue weighted by atomic mass is 9.98. The number of hydrogen-bond donors (Lipinski definition) is 0. The van der Waals surface area contributed by atoms with Crippen molar-refractivity contribution in [2.45, 2.75) is 52.7 Å². The summed E-state index contributed by atoms with van der Waals surface area (Å²) in [5, 5.41) is 0.